The Morgan fingerprint density at radius 3 is 2.27 bits per heavy atom. The fraction of sp³-hybridized carbons (Fsp3) is 0.161. The van der Waals surface area contributed by atoms with Gasteiger partial charge < -0.3 is 9.47 Å². The third kappa shape index (κ3) is 8.29. The molecule has 8 nitrogen and oxygen atoms in total. The van der Waals surface area contributed by atoms with E-state index in [2.05, 4.69) is 10.5 Å². The van der Waals surface area contributed by atoms with Crippen molar-refractivity contribution in [3.8, 4) is 11.5 Å². The Morgan fingerprint density at radius 2 is 1.61 bits per heavy atom. The number of carbonyl (C=O) groups is 1. The molecular weight excluding hydrogens is 619 g/mol. The summed E-state index contributed by atoms with van der Waals surface area (Å²) in [7, 11) is -4.52. The summed E-state index contributed by atoms with van der Waals surface area (Å²) in [6, 6.07) is 23.8. The lowest BCUT2D eigenvalue weighted by atomic mass is 10.2. The summed E-state index contributed by atoms with van der Waals surface area (Å²) in [5.74, 6) is 0.0109. The Labute approximate surface area is 257 Å². The average molecular weight is 646 g/mol. The van der Waals surface area contributed by atoms with Crippen molar-refractivity contribution in [1.82, 2.24) is 5.43 Å². The molecule has 0 atom stereocenters. The SMILES string of the molecule is CCOc1cc(/C=N\NC(=O)CN(c2cc(C(F)(F)F)ccc2Cl)S(=O)(=O)c2ccccc2)ccc1OCc1ccccc1. The minimum atomic E-state index is -4.78. The van der Waals surface area contributed by atoms with Crippen LogP contribution < -0.4 is 19.2 Å². The second kappa shape index (κ2) is 14.3. The number of alkyl halides is 3. The highest BCUT2D eigenvalue weighted by atomic mass is 35.5. The monoisotopic (exact) mass is 645 g/mol. The van der Waals surface area contributed by atoms with Crippen molar-refractivity contribution in [2.75, 3.05) is 17.5 Å². The first-order valence-electron chi connectivity index (χ1n) is 13.2. The van der Waals surface area contributed by atoms with Crippen LogP contribution in [0.15, 0.2) is 107 Å². The molecule has 0 unspecified atom stereocenters. The molecular formula is C31H27ClF3N3O5S. The molecule has 0 fully saturated rings. The number of ether oxygens (including phenoxy) is 2. The maximum atomic E-state index is 13.5. The quantitative estimate of drug-likeness (QED) is 0.137. The highest BCUT2D eigenvalue weighted by Gasteiger charge is 2.34. The molecule has 44 heavy (non-hydrogen) atoms. The van der Waals surface area contributed by atoms with Gasteiger partial charge in [-0.05, 0) is 66.6 Å². The minimum Gasteiger partial charge on any atom is -0.490 e. The molecule has 230 valence electrons. The zero-order chi connectivity index (χ0) is 31.7. The third-order valence-corrected chi connectivity index (χ3v) is 8.16. The summed E-state index contributed by atoms with van der Waals surface area (Å²) in [6.07, 6.45) is -3.48. The molecule has 4 rings (SSSR count). The van der Waals surface area contributed by atoms with Crippen molar-refractivity contribution in [1.29, 1.82) is 0 Å². The zero-order valence-electron chi connectivity index (χ0n) is 23.3. The van der Waals surface area contributed by atoms with E-state index in [4.69, 9.17) is 21.1 Å². The van der Waals surface area contributed by atoms with Crippen molar-refractivity contribution >= 4 is 39.4 Å². The maximum absolute atomic E-state index is 13.5. The van der Waals surface area contributed by atoms with Crippen LogP contribution in [0, 0.1) is 0 Å². The Kier molecular flexibility index (Phi) is 10.5. The van der Waals surface area contributed by atoms with Gasteiger partial charge in [0.25, 0.3) is 15.9 Å². The fourth-order valence-corrected chi connectivity index (χ4v) is 5.69. The molecule has 0 aliphatic heterocycles. The zero-order valence-corrected chi connectivity index (χ0v) is 24.9. The molecule has 0 saturated carbocycles. The van der Waals surface area contributed by atoms with E-state index >= 15 is 0 Å². The first kappa shape index (κ1) is 32.4. The first-order chi connectivity index (χ1) is 21.0. The first-order valence-corrected chi connectivity index (χ1v) is 15.0. The van der Waals surface area contributed by atoms with Crippen LogP contribution in [0.25, 0.3) is 0 Å². The molecule has 0 saturated heterocycles. The van der Waals surface area contributed by atoms with Crippen molar-refractivity contribution in [3.05, 3.63) is 119 Å². The molecule has 1 N–H and O–H groups in total. The minimum absolute atomic E-state index is 0.247. The van der Waals surface area contributed by atoms with E-state index in [0.717, 1.165) is 17.7 Å². The van der Waals surface area contributed by atoms with Crippen LogP contribution in [0.2, 0.25) is 5.02 Å². The molecule has 0 aromatic heterocycles. The largest absolute Gasteiger partial charge is 0.490 e. The van der Waals surface area contributed by atoms with Crippen LogP contribution >= 0.6 is 11.6 Å². The summed E-state index contributed by atoms with van der Waals surface area (Å²) in [5, 5.41) is 3.59. The molecule has 0 bridgehead atoms. The van der Waals surface area contributed by atoms with Crippen LogP contribution in [-0.2, 0) is 27.6 Å². The number of nitrogens with one attached hydrogen (secondary N) is 1. The number of anilines is 1. The molecule has 0 radical (unpaired) electrons. The number of benzene rings is 4. The molecule has 4 aromatic rings. The highest BCUT2D eigenvalue weighted by Crippen LogP contribution is 2.37. The van der Waals surface area contributed by atoms with Crippen LogP contribution in [0.1, 0.15) is 23.6 Å². The van der Waals surface area contributed by atoms with E-state index in [1.165, 1.54) is 30.5 Å². The summed E-state index contributed by atoms with van der Waals surface area (Å²) < 4.78 is 79.5. The van der Waals surface area contributed by atoms with Crippen LogP contribution in [0.5, 0.6) is 11.5 Å². The predicted molar refractivity (Wildman–Crippen MR) is 162 cm³/mol. The lowest BCUT2D eigenvalue weighted by molar-refractivity contribution is -0.137. The van der Waals surface area contributed by atoms with Crippen molar-refractivity contribution in [3.63, 3.8) is 0 Å². The van der Waals surface area contributed by atoms with Crippen molar-refractivity contribution in [2.24, 2.45) is 5.10 Å². The molecule has 1 amide bonds. The Hall–Kier alpha value is -4.55. The van der Waals surface area contributed by atoms with E-state index in [1.807, 2.05) is 37.3 Å². The summed E-state index contributed by atoms with van der Waals surface area (Å²) >= 11 is 6.16. The van der Waals surface area contributed by atoms with Gasteiger partial charge in [-0.15, -0.1) is 0 Å². The second-order valence-corrected chi connectivity index (χ2v) is 11.5. The van der Waals surface area contributed by atoms with E-state index in [9.17, 15) is 26.4 Å². The van der Waals surface area contributed by atoms with Gasteiger partial charge in [-0.3, -0.25) is 9.10 Å². The van der Waals surface area contributed by atoms with Gasteiger partial charge in [0.15, 0.2) is 11.5 Å². The number of halogens is 4. The number of sulfonamides is 1. The van der Waals surface area contributed by atoms with Gasteiger partial charge in [-0.1, -0.05) is 60.1 Å². The number of rotatable bonds is 12. The molecule has 13 heteroatoms. The second-order valence-electron chi connectivity index (χ2n) is 9.20. The summed E-state index contributed by atoms with van der Waals surface area (Å²) in [6.45, 7) is 1.59. The molecule has 4 aromatic carbocycles. The summed E-state index contributed by atoms with van der Waals surface area (Å²) in [4.78, 5) is 12.6. The molecule has 0 spiro atoms. The van der Waals surface area contributed by atoms with Gasteiger partial charge in [0, 0.05) is 0 Å². The number of hydrogen-bond acceptors (Lipinski definition) is 6. The van der Waals surface area contributed by atoms with Gasteiger partial charge in [0.1, 0.15) is 13.2 Å². The highest BCUT2D eigenvalue weighted by molar-refractivity contribution is 7.92. The average Bonchev–Trinajstić information content (AvgIpc) is 3.00. The Morgan fingerprint density at radius 1 is 0.932 bits per heavy atom. The Bertz CT molecular complexity index is 1720. The summed E-state index contributed by atoms with van der Waals surface area (Å²) in [5.41, 5.74) is 2.06. The number of hydrogen-bond donors (Lipinski definition) is 1. The van der Waals surface area contributed by atoms with Gasteiger partial charge in [-0.25, -0.2) is 13.8 Å². The molecule has 0 aliphatic rings. The fourth-order valence-electron chi connectivity index (χ4n) is 3.97. The smallest absolute Gasteiger partial charge is 0.416 e. The van der Waals surface area contributed by atoms with Crippen LogP contribution in [-0.4, -0.2) is 33.7 Å². The Balaban J connectivity index is 1.54. The van der Waals surface area contributed by atoms with Gasteiger partial charge in [-0.2, -0.15) is 18.3 Å². The van der Waals surface area contributed by atoms with Crippen molar-refractivity contribution < 1.29 is 35.9 Å². The number of amides is 1. The van der Waals surface area contributed by atoms with E-state index < -0.39 is 39.9 Å². The number of nitrogens with zero attached hydrogens (tertiary/aromatic N) is 2. The molecule has 0 heterocycles. The van der Waals surface area contributed by atoms with Gasteiger partial charge in [0.05, 0.1) is 34.0 Å². The van der Waals surface area contributed by atoms with Gasteiger partial charge >= 0.3 is 6.18 Å². The normalized spacial score (nSPS) is 11.8. The van der Waals surface area contributed by atoms with E-state index in [0.29, 0.717) is 40.6 Å². The lowest BCUT2D eigenvalue weighted by Crippen LogP contribution is -2.40. The van der Waals surface area contributed by atoms with Crippen LogP contribution in [0.4, 0.5) is 18.9 Å². The topological polar surface area (TPSA) is 97.3 Å². The molecule has 0 aliphatic carbocycles. The third-order valence-electron chi connectivity index (χ3n) is 6.07. The van der Waals surface area contributed by atoms with E-state index in [-0.39, 0.29) is 9.92 Å². The van der Waals surface area contributed by atoms with Crippen molar-refractivity contribution in [2.45, 2.75) is 24.6 Å². The lowest BCUT2D eigenvalue weighted by Gasteiger charge is -2.25. The van der Waals surface area contributed by atoms with Crippen LogP contribution in [0.3, 0.4) is 0 Å². The van der Waals surface area contributed by atoms with E-state index in [1.54, 1.807) is 24.3 Å². The number of carbonyl (C=O) groups excluding carboxylic acids is 1. The predicted octanol–water partition coefficient (Wildman–Crippen LogP) is 6.68. The van der Waals surface area contributed by atoms with Gasteiger partial charge in [0.2, 0.25) is 0 Å². The number of hydrazone groups is 1. The standard InChI is InChI=1S/C31H27ClF3N3O5S/c1-2-42-29-17-23(13-16-28(29)43-21-22-9-5-3-6-10-22)19-36-37-30(39)20-38(44(40,41)25-11-7-4-8-12-25)27-18-24(31(33,34)35)14-15-26(27)32/h3-19H,2,20-21H2,1H3,(H,37,39)/b36-19-. The maximum Gasteiger partial charge on any atom is 0.416 e.